The van der Waals surface area contributed by atoms with Crippen molar-refractivity contribution < 1.29 is 29.2 Å². The molecule has 35 heavy (non-hydrogen) atoms. The maximum atomic E-state index is 12.5. The molecule has 0 unspecified atom stereocenters. The number of phenolic OH excluding ortho intramolecular Hbond substituents is 1. The quantitative estimate of drug-likeness (QED) is 0.324. The number of hydrogen-bond acceptors (Lipinski definition) is 8. The molecule has 184 valence electrons. The number of anilines is 1. The fourth-order valence-corrected chi connectivity index (χ4v) is 5.23. The lowest BCUT2D eigenvalue weighted by atomic mass is 9.67. The minimum Gasteiger partial charge on any atom is -0.507 e. The average Bonchev–Trinajstić information content (AvgIpc) is 2.82. The zero-order chi connectivity index (χ0) is 25.0. The van der Waals surface area contributed by atoms with Crippen LogP contribution in [0.1, 0.15) is 41.7 Å². The van der Waals surface area contributed by atoms with Crippen molar-refractivity contribution in [3.63, 3.8) is 0 Å². The highest BCUT2D eigenvalue weighted by Gasteiger charge is 2.54. The van der Waals surface area contributed by atoms with Crippen molar-refractivity contribution in [2.24, 2.45) is 0 Å². The van der Waals surface area contributed by atoms with Crippen molar-refractivity contribution in [2.45, 2.75) is 49.9 Å². The Kier molecular flexibility index (Phi) is 5.62. The summed E-state index contributed by atoms with van der Waals surface area (Å²) < 4.78 is 17.2. The van der Waals surface area contributed by atoms with E-state index < -0.39 is 23.2 Å². The van der Waals surface area contributed by atoms with Crippen LogP contribution in [0.15, 0.2) is 51.7 Å². The number of aliphatic hydroxyl groups excluding tert-OH is 1. The Labute approximate surface area is 202 Å². The van der Waals surface area contributed by atoms with Gasteiger partial charge in [-0.2, -0.15) is 0 Å². The summed E-state index contributed by atoms with van der Waals surface area (Å²) in [5.74, 6) is 0.126. The molecule has 0 saturated carbocycles. The van der Waals surface area contributed by atoms with Gasteiger partial charge in [0, 0.05) is 49.3 Å². The van der Waals surface area contributed by atoms with Gasteiger partial charge in [0.25, 0.3) is 0 Å². The third-order valence-electron chi connectivity index (χ3n) is 7.35. The number of benzene rings is 2. The molecule has 0 radical (unpaired) electrons. The number of rotatable bonds is 5. The maximum absolute atomic E-state index is 12.5. The standard InChI is InChI=1S/C27H29NO7/c1-26-12-17(15-3-4-20(28)16(9-15)6-8-33-2)5-7-27(26,32)13-19-22(35-26)11-23-24(25(19)31)21(30)10-18(14-29)34-23/h3-5,7,9-11,17,29,31-32H,6,8,12-14,28H2,1-2H3/t17-,26+,27-/m1/s1. The first-order chi connectivity index (χ1) is 16.7. The van der Waals surface area contributed by atoms with Crippen LogP contribution >= 0.6 is 0 Å². The van der Waals surface area contributed by atoms with E-state index in [1.165, 1.54) is 0 Å². The molecule has 0 saturated heterocycles. The van der Waals surface area contributed by atoms with Crippen LogP contribution in [0.25, 0.3) is 11.0 Å². The average molecular weight is 480 g/mol. The second kappa shape index (κ2) is 8.41. The van der Waals surface area contributed by atoms with Gasteiger partial charge in [0.05, 0.1) is 6.61 Å². The topological polar surface area (TPSA) is 135 Å². The molecule has 1 aromatic heterocycles. The molecular formula is C27H29NO7. The molecular weight excluding hydrogens is 450 g/mol. The summed E-state index contributed by atoms with van der Waals surface area (Å²) in [6.45, 7) is 1.97. The van der Waals surface area contributed by atoms with Crippen LogP contribution in [0.2, 0.25) is 0 Å². The fraction of sp³-hybridized carbons (Fsp3) is 0.370. The first kappa shape index (κ1) is 23.4. The number of allylic oxidation sites excluding steroid dienone is 1. The van der Waals surface area contributed by atoms with Gasteiger partial charge in [0.1, 0.15) is 46.0 Å². The number of phenols is 1. The molecule has 2 aromatic carbocycles. The Balaban J connectivity index is 1.54. The number of nitrogens with two attached hydrogens (primary N) is 1. The second-order valence-electron chi connectivity index (χ2n) is 9.61. The van der Waals surface area contributed by atoms with Crippen LogP contribution in [-0.2, 0) is 24.2 Å². The van der Waals surface area contributed by atoms with E-state index in [2.05, 4.69) is 6.07 Å². The highest BCUT2D eigenvalue weighted by atomic mass is 16.5. The zero-order valence-corrected chi connectivity index (χ0v) is 19.7. The van der Waals surface area contributed by atoms with Gasteiger partial charge >= 0.3 is 0 Å². The molecule has 2 heterocycles. The smallest absolute Gasteiger partial charge is 0.196 e. The van der Waals surface area contributed by atoms with Gasteiger partial charge in [0.15, 0.2) is 5.43 Å². The monoisotopic (exact) mass is 479 g/mol. The van der Waals surface area contributed by atoms with Gasteiger partial charge in [-0.3, -0.25) is 4.79 Å². The minimum absolute atomic E-state index is 0.000110. The predicted molar refractivity (Wildman–Crippen MR) is 131 cm³/mol. The molecule has 1 aliphatic heterocycles. The molecule has 0 amide bonds. The van der Waals surface area contributed by atoms with E-state index in [-0.39, 0.29) is 34.8 Å². The van der Waals surface area contributed by atoms with E-state index in [0.717, 1.165) is 17.2 Å². The van der Waals surface area contributed by atoms with Gasteiger partial charge in [0.2, 0.25) is 0 Å². The highest BCUT2D eigenvalue weighted by Crippen LogP contribution is 2.51. The molecule has 5 rings (SSSR count). The first-order valence-electron chi connectivity index (χ1n) is 11.6. The normalized spacial score (nSPS) is 25.2. The van der Waals surface area contributed by atoms with Gasteiger partial charge in [-0.1, -0.05) is 24.3 Å². The lowest BCUT2D eigenvalue weighted by molar-refractivity contribution is -0.117. The minimum atomic E-state index is -1.39. The fourth-order valence-electron chi connectivity index (χ4n) is 5.23. The van der Waals surface area contributed by atoms with Crippen molar-refractivity contribution >= 4 is 16.7 Å². The summed E-state index contributed by atoms with van der Waals surface area (Å²) in [4.78, 5) is 12.5. The van der Waals surface area contributed by atoms with Crippen LogP contribution in [0.4, 0.5) is 5.69 Å². The van der Waals surface area contributed by atoms with Crippen molar-refractivity contribution in [1.82, 2.24) is 0 Å². The van der Waals surface area contributed by atoms with Gasteiger partial charge in [-0.05, 0) is 30.5 Å². The van der Waals surface area contributed by atoms with Crippen molar-refractivity contribution in [3.05, 3.63) is 75.2 Å². The van der Waals surface area contributed by atoms with Gasteiger partial charge < -0.3 is 34.9 Å². The van der Waals surface area contributed by atoms with Crippen molar-refractivity contribution in [1.29, 1.82) is 0 Å². The molecule has 0 bridgehead atoms. The van der Waals surface area contributed by atoms with E-state index >= 15 is 0 Å². The van der Waals surface area contributed by atoms with Crippen molar-refractivity contribution in [3.8, 4) is 11.5 Å². The van der Waals surface area contributed by atoms with Crippen molar-refractivity contribution in [2.75, 3.05) is 19.5 Å². The third kappa shape index (κ3) is 3.78. The van der Waals surface area contributed by atoms with Gasteiger partial charge in [-0.25, -0.2) is 0 Å². The predicted octanol–water partition coefficient (Wildman–Crippen LogP) is 2.93. The Morgan fingerprint density at radius 2 is 2.06 bits per heavy atom. The number of aliphatic hydroxyl groups is 2. The lowest BCUT2D eigenvalue weighted by Crippen LogP contribution is -2.60. The maximum Gasteiger partial charge on any atom is 0.196 e. The Morgan fingerprint density at radius 1 is 1.26 bits per heavy atom. The third-order valence-corrected chi connectivity index (χ3v) is 7.35. The van der Waals surface area contributed by atoms with Crippen LogP contribution in [0, 0.1) is 0 Å². The highest BCUT2D eigenvalue weighted by molar-refractivity contribution is 5.87. The number of nitrogen functional groups attached to an aromatic ring is 1. The number of methoxy groups -OCH3 is 1. The Morgan fingerprint density at radius 3 is 2.80 bits per heavy atom. The Hall–Kier alpha value is -3.33. The van der Waals surface area contributed by atoms with E-state index in [0.29, 0.717) is 36.4 Å². The van der Waals surface area contributed by atoms with E-state index in [4.69, 9.17) is 19.6 Å². The summed E-state index contributed by atoms with van der Waals surface area (Å²) in [5.41, 5.74) is 6.52. The zero-order valence-electron chi connectivity index (χ0n) is 19.7. The summed E-state index contributed by atoms with van der Waals surface area (Å²) in [7, 11) is 1.65. The molecule has 3 atom stereocenters. The number of hydrogen-bond donors (Lipinski definition) is 4. The van der Waals surface area contributed by atoms with Crippen LogP contribution in [0.5, 0.6) is 11.5 Å². The first-order valence-corrected chi connectivity index (χ1v) is 11.6. The largest absolute Gasteiger partial charge is 0.507 e. The summed E-state index contributed by atoms with van der Waals surface area (Å²) >= 11 is 0. The molecule has 8 nitrogen and oxygen atoms in total. The van der Waals surface area contributed by atoms with E-state index in [9.17, 15) is 20.1 Å². The van der Waals surface area contributed by atoms with Crippen LogP contribution in [0.3, 0.4) is 0 Å². The number of aromatic hydroxyl groups is 1. The molecule has 8 heteroatoms. The molecule has 3 aromatic rings. The Bertz CT molecular complexity index is 1390. The SMILES string of the molecule is COCCc1cc([C@@H]2C=C[C@@]3(O)Cc4c(cc5oc(CO)cc(=O)c5c4O)O[C@@]3(C)C2)ccc1N. The van der Waals surface area contributed by atoms with Crippen LogP contribution < -0.4 is 15.9 Å². The second-order valence-corrected chi connectivity index (χ2v) is 9.61. The van der Waals surface area contributed by atoms with E-state index in [1.54, 1.807) is 19.3 Å². The molecule has 5 N–H and O–H groups in total. The molecule has 0 fully saturated rings. The molecule has 2 aliphatic rings. The van der Waals surface area contributed by atoms with Gasteiger partial charge in [-0.15, -0.1) is 0 Å². The number of fused-ring (bicyclic) bond motifs is 3. The summed E-state index contributed by atoms with van der Waals surface area (Å²) in [6.07, 6.45) is 4.95. The molecule has 0 spiro atoms. The lowest BCUT2D eigenvalue weighted by Gasteiger charge is -2.50. The summed E-state index contributed by atoms with van der Waals surface area (Å²) in [6, 6.07) is 8.64. The number of ether oxygens (including phenoxy) is 2. The molecule has 1 aliphatic carbocycles. The summed E-state index contributed by atoms with van der Waals surface area (Å²) in [5, 5.41) is 32.0. The van der Waals surface area contributed by atoms with Crippen LogP contribution in [-0.4, -0.2) is 40.2 Å². The van der Waals surface area contributed by atoms with E-state index in [1.807, 2.05) is 25.1 Å².